The monoisotopic (exact) mass is 196 g/mol. The molecule has 1 aromatic rings. The van der Waals surface area contributed by atoms with Gasteiger partial charge >= 0.3 is 0 Å². The van der Waals surface area contributed by atoms with Crippen LogP contribution in [0.4, 0.5) is 0 Å². The summed E-state index contributed by atoms with van der Waals surface area (Å²) in [5, 5.41) is 0.826. The molecule has 1 fully saturated rings. The summed E-state index contributed by atoms with van der Waals surface area (Å²) in [5.41, 5.74) is 1.28. The fraction of sp³-hybridized carbons (Fsp3) is 0.556. The second-order valence-electron chi connectivity index (χ2n) is 3.04. The smallest absolute Gasteiger partial charge is 0.190 e. The van der Waals surface area contributed by atoms with Gasteiger partial charge in [-0.3, -0.25) is 0 Å². The molecule has 0 radical (unpaired) electrons. The maximum atomic E-state index is 5.48. The van der Waals surface area contributed by atoms with Crippen molar-refractivity contribution < 1.29 is 4.74 Å². The molecule has 13 heavy (non-hydrogen) atoms. The molecule has 0 N–H and O–H groups in total. The minimum atomic E-state index is 0.266. The van der Waals surface area contributed by atoms with Gasteiger partial charge in [0.15, 0.2) is 5.16 Å². The molecule has 0 aliphatic carbocycles. The van der Waals surface area contributed by atoms with Crippen LogP contribution in [0.5, 0.6) is 0 Å². The Morgan fingerprint density at radius 2 is 2.54 bits per heavy atom. The van der Waals surface area contributed by atoms with Crippen molar-refractivity contribution in [2.75, 3.05) is 6.61 Å². The van der Waals surface area contributed by atoms with Crippen LogP contribution in [0.2, 0.25) is 0 Å². The lowest BCUT2D eigenvalue weighted by molar-refractivity contribution is 0.173. The molecule has 1 aliphatic rings. The van der Waals surface area contributed by atoms with Gasteiger partial charge in [0.1, 0.15) is 5.44 Å². The standard InChI is InChI=1S/C9H12N2OS/c1-7-4-5-10-9(11-7)13-8-3-2-6-12-8/h4-5,8H,2-3,6H2,1H3. The van der Waals surface area contributed by atoms with E-state index in [1.54, 1.807) is 18.0 Å². The lowest BCUT2D eigenvalue weighted by Crippen LogP contribution is -2.00. The minimum Gasteiger partial charge on any atom is -0.367 e. The third-order valence-electron chi connectivity index (χ3n) is 1.90. The summed E-state index contributed by atoms with van der Waals surface area (Å²) in [6.45, 7) is 2.85. The first kappa shape index (κ1) is 8.97. The van der Waals surface area contributed by atoms with Gasteiger partial charge in [0.05, 0.1) is 0 Å². The summed E-state index contributed by atoms with van der Waals surface area (Å²) in [6, 6.07) is 1.90. The second kappa shape index (κ2) is 4.07. The summed E-state index contributed by atoms with van der Waals surface area (Å²) in [5.74, 6) is 0. The van der Waals surface area contributed by atoms with E-state index in [9.17, 15) is 0 Å². The highest BCUT2D eigenvalue weighted by Gasteiger charge is 2.17. The predicted octanol–water partition coefficient (Wildman–Crippen LogP) is 2.01. The molecule has 0 saturated carbocycles. The van der Waals surface area contributed by atoms with E-state index in [2.05, 4.69) is 9.97 Å². The van der Waals surface area contributed by atoms with Crippen molar-refractivity contribution in [3.05, 3.63) is 18.0 Å². The Balaban J connectivity index is 2.00. The zero-order valence-corrected chi connectivity index (χ0v) is 8.38. The molecule has 2 heterocycles. The summed E-state index contributed by atoms with van der Waals surface area (Å²) >= 11 is 1.62. The Hall–Kier alpha value is -0.610. The number of rotatable bonds is 2. The van der Waals surface area contributed by atoms with Crippen molar-refractivity contribution in [2.24, 2.45) is 0 Å². The van der Waals surface area contributed by atoms with Gasteiger partial charge < -0.3 is 4.74 Å². The highest BCUT2D eigenvalue weighted by molar-refractivity contribution is 7.99. The van der Waals surface area contributed by atoms with Crippen LogP contribution in [-0.4, -0.2) is 22.0 Å². The van der Waals surface area contributed by atoms with Crippen LogP contribution in [0.25, 0.3) is 0 Å². The molecule has 4 heteroatoms. The van der Waals surface area contributed by atoms with Gasteiger partial charge in [0, 0.05) is 18.5 Å². The van der Waals surface area contributed by atoms with E-state index in [1.807, 2.05) is 13.0 Å². The van der Waals surface area contributed by atoms with E-state index in [0.717, 1.165) is 30.3 Å². The number of hydrogen-bond acceptors (Lipinski definition) is 4. The molecule has 1 aromatic heterocycles. The van der Waals surface area contributed by atoms with Crippen molar-refractivity contribution in [3.8, 4) is 0 Å². The number of thioether (sulfide) groups is 1. The van der Waals surface area contributed by atoms with E-state index in [4.69, 9.17) is 4.74 Å². The first-order valence-electron chi connectivity index (χ1n) is 4.42. The van der Waals surface area contributed by atoms with E-state index < -0.39 is 0 Å². The van der Waals surface area contributed by atoms with Gasteiger partial charge in [0.2, 0.25) is 0 Å². The van der Waals surface area contributed by atoms with Crippen LogP contribution in [0.3, 0.4) is 0 Å². The lowest BCUT2D eigenvalue weighted by atomic mass is 10.4. The third-order valence-corrected chi connectivity index (χ3v) is 2.94. The third kappa shape index (κ3) is 2.42. The predicted molar refractivity (Wildman–Crippen MR) is 51.6 cm³/mol. The molecule has 70 valence electrons. The first-order chi connectivity index (χ1) is 6.34. The number of hydrogen-bond donors (Lipinski definition) is 0. The fourth-order valence-corrected chi connectivity index (χ4v) is 2.24. The average molecular weight is 196 g/mol. The van der Waals surface area contributed by atoms with Crippen LogP contribution < -0.4 is 0 Å². The second-order valence-corrected chi connectivity index (χ2v) is 4.17. The number of nitrogens with zero attached hydrogens (tertiary/aromatic N) is 2. The van der Waals surface area contributed by atoms with E-state index in [0.29, 0.717) is 0 Å². The van der Waals surface area contributed by atoms with Crippen molar-refractivity contribution in [3.63, 3.8) is 0 Å². The quantitative estimate of drug-likeness (QED) is 0.678. The summed E-state index contributed by atoms with van der Waals surface area (Å²) in [6.07, 6.45) is 4.06. The zero-order chi connectivity index (χ0) is 9.10. The maximum Gasteiger partial charge on any atom is 0.190 e. The van der Waals surface area contributed by atoms with Gasteiger partial charge in [-0.1, -0.05) is 11.8 Å². The van der Waals surface area contributed by atoms with E-state index in [-0.39, 0.29) is 5.44 Å². The fourth-order valence-electron chi connectivity index (χ4n) is 1.24. The lowest BCUT2D eigenvalue weighted by Gasteiger charge is -2.06. The molecule has 3 nitrogen and oxygen atoms in total. The van der Waals surface area contributed by atoms with Crippen molar-refractivity contribution in [2.45, 2.75) is 30.4 Å². The van der Waals surface area contributed by atoms with Gasteiger partial charge in [0.25, 0.3) is 0 Å². The van der Waals surface area contributed by atoms with Crippen LogP contribution in [0, 0.1) is 6.92 Å². The van der Waals surface area contributed by atoms with E-state index >= 15 is 0 Å². The Morgan fingerprint density at radius 1 is 1.62 bits per heavy atom. The minimum absolute atomic E-state index is 0.266. The Bertz CT molecular complexity index is 287. The zero-order valence-electron chi connectivity index (χ0n) is 7.56. The number of aryl methyl sites for hydroxylation is 1. The van der Waals surface area contributed by atoms with Crippen LogP contribution in [0.1, 0.15) is 18.5 Å². The Labute approximate surface area is 81.9 Å². The molecule has 1 unspecified atom stereocenters. The highest BCUT2D eigenvalue weighted by Crippen LogP contribution is 2.27. The molecule has 1 atom stereocenters. The summed E-state index contributed by atoms with van der Waals surface area (Å²) < 4.78 is 5.48. The van der Waals surface area contributed by atoms with E-state index in [1.165, 1.54) is 0 Å². The van der Waals surface area contributed by atoms with Crippen LogP contribution in [-0.2, 0) is 4.74 Å². The van der Waals surface area contributed by atoms with Gasteiger partial charge in [-0.25, -0.2) is 9.97 Å². The largest absolute Gasteiger partial charge is 0.367 e. The molecule has 2 rings (SSSR count). The molecule has 1 aliphatic heterocycles. The van der Waals surface area contributed by atoms with Crippen LogP contribution in [0.15, 0.2) is 17.4 Å². The topological polar surface area (TPSA) is 35.0 Å². The molecular formula is C9H12N2OS. The summed E-state index contributed by atoms with van der Waals surface area (Å²) in [4.78, 5) is 8.48. The molecule has 0 bridgehead atoms. The normalized spacial score (nSPS) is 22.1. The molecule has 0 amide bonds. The van der Waals surface area contributed by atoms with Crippen LogP contribution >= 0.6 is 11.8 Å². The Morgan fingerprint density at radius 3 is 3.23 bits per heavy atom. The average Bonchev–Trinajstić information content (AvgIpc) is 2.57. The first-order valence-corrected chi connectivity index (χ1v) is 5.30. The SMILES string of the molecule is Cc1ccnc(SC2CCCO2)n1. The molecule has 0 spiro atoms. The molecular weight excluding hydrogens is 184 g/mol. The Kier molecular flexibility index (Phi) is 2.80. The maximum absolute atomic E-state index is 5.48. The van der Waals surface area contributed by atoms with Gasteiger partial charge in [-0.05, 0) is 25.8 Å². The number of aromatic nitrogens is 2. The van der Waals surface area contributed by atoms with Crippen molar-refractivity contribution in [1.29, 1.82) is 0 Å². The van der Waals surface area contributed by atoms with Gasteiger partial charge in [-0.15, -0.1) is 0 Å². The molecule has 1 saturated heterocycles. The molecule has 0 aromatic carbocycles. The van der Waals surface area contributed by atoms with Gasteiger partial charge in [-0.2, -0.15) is 0 Å². The van der Waals surface area contributed by atoms with Crippen molar-refractivity contribution >= 4 is 11.8 Å². The number of ether oxygens (including phenoxy) is 1. The van der Waals surface area contributed by atoms with Crippen molar-refractivity contribution in [1.82, 2.24) is 9.97 Å². The summed E-state index contributed by atoms with van der Waals surface area (Å²) in [7, 11) is 0. The highest BCUT2D eigenvalue weighted by atomic mass is 32.2.